The van der Waals surface area contributed by atoms with Crippen molar-refractivity contribution in [1.29, 1.82) is 0 Å². The molecule has 6 nitrogen and oxygen atoms in total. The number of sulfonamides is 1. The fraction of sp³-hybridized carbons (Fsp3) is 0.562. The summed E-state index contributed by atoms with van der Waals surface area (Å²) < 4.78 is 37.8. The molecule has 1 aromatic carbocycles. The van der Waals surface area contributed by atoms with Crippen molar-refractivity contribution >= 4 is 16.0 Å². The summed E-state index contributed by atoms with van der Waals surface area (Å²) in [5, 5.41) is 0. The normalized spacial score (nSPS) is 21.4. The number of nitrogens with one attached hydrogen (secondary N) is 1. The number of hydrogen-bond acceptors (Lipinski definition) is 5. The van der Waals surface area contributed by atoms with Gasteiger partial charge in [-0.15, -0.1) is 0 Å². The maximum atomic E-state index is 12.5. The summed E-state index contributed by atoms with van der Waals surface area (Å²) in [7, 11) is -2.48. The molecule has 1 aliphatic rings. The highest BCUT2D eigenvalue weighted by molar-refractivity contribution is 7.89. The monoisotopic (exact) mass is 341 g/mol. The number of carbonyl (C=O) groups is 1. The van der Waals surface area contributed by atoms with Crippen LogP contribution in [-0.2, 0) is 29.8 Å². The summed E-state index contributed by atoms with van der Waals surface area (Å²) >= 11 is 0. The lowest BCUT2D eigenvalue weighted by Crippen LogP contribution is -2.52. The van der Waals surface area contributed by atoms with E-state index in [1.807, 2.05) is 0 Å². The Hall–Kier alpha value is -1.44. The highest BCUT2D eigenvalue weighted by Gasteiger charge is 2.40. The predicted molar refractivity (Wildman–Crippen MR) is 86.3 cm³/mol. The van der Waals surface area contributed by atoms with E-state index in [2.05, 4.69) is 4.72 Å². The summed E-state index contributed by atoms with van der Waals surface area (Å²) in [6, 6.07) is 8.67. The summed E-state index contributed by atoms with van der Waals surface area (Å²) in [6.07, 6.45) is 2.28. The van der Waals surface area contributed by atoms with Crippen LogP contribution in [0.25, 0.3) is 0 Å². The first-order valence-corrected chi connectivity index (χ1v) is 9.30. The standard InChI is InChI=1S/C16H23NO5S/c1-16(15(18)21-2,13-8-4-3-5-9-13)17-23(19,20)12-14-10-6-7-11-22-14/h3-5,8-9,14,17H,6-7,10-12H2,1-2H3/t14-,16+/m1/s1. The molecule has 0 spiro atoms. The minimum Gasteiger partial charge on any atom is -0.467 e. The molecule has 2 rings (SSSR count). The Morgan fingerprint density at radius 2 is 2.04 bits per heavy atom. The summed E-state index contributed by atoms with van der Waals surface area (Å²) in [5.41, 5.74) is -0.941. The molecule has 1 heterocycles. The lowest BCUT2D eigenvalue weighted by atomic mass is 9.93. The molecule has 7 heteroatoms. The van der Waals surface area contributed by atoms with E-state index in [9.17, 15) is 13.2 Å². The number of benzene rings is 1. The molecule has 23 heavy (non-hydrogen) atoms. The zero-order valence-electron chi connectivity index (χ0n) is 13.4. The van der Waals surface area contributed by atoms with Gasteiger partial charge in [0.2, 0.25) is 10.0 Å². The van der Waals surface area contributed by atoms with E-state index in [1.54, 1.807) is 30.3 Å². The average molecular weight is 341 g/mol. The first-order valence-electron chi connectivity index (χ1n) is 7.64. The maximum absolute atomic E-state index is 12.5. The smallest absolute Gasteiger partial charge is 0.331 e. The molecule has 128 valence electrons. The maximum Gasteiger partial charge on any atom is 0.331 e. The molecule has 0 aliphatic carbocycles. The number of rotatable bonds is 6. The Morgan fingerprint density at radius 3 is 2.61 bits per heavy atom. The molecule has 1 aliphatic heterocycles. The van der Waals surface area contributed by atoms with Crippen LogP contribution < -0.4 is 4.72 Å². The quantitative estimate of drug-likeness (QED) is 0.794. The van der Waals surface area contributed by atoms with Crippen molar-refractivity contribution in [1.82, 2.24) is 4.72 Å². The average Bonchev–Trinajstić information content (AvgIpc) is 2.54. The van der Waals surface area contributed by atoms with Gasteiger partial charge in [0, 0.05) is 6.61 Å². The second-order valence-electron chi connectivity index (χ2n) is 5.85. The Bertz CT molecular complexity index is 625. The van der Waals surface area contributed by atoms with Gasteiger partial charge in [-0.25, -0.2) is 13.2 Å². The van der Waals surface area contributed by atoms with Gasteiger partial charge in [0.25, 0.3) is 0 Å². The molecule has 1 fully saturated rings. The first kappa shape index (κ1) is 17.9. The highest BCUT2D eigenvalue weighted by atomic mass is 32.2. The van der Waals surface area contributed by atoms with Crippen molar-refractivity contribution in [2.45, 2.75) is 37.8 Å². The molecule has 0 aromatic heterocycles. The fourth-order valence-electron chi connectivity index (χ4n) is 2.73. The molecule has 1 N–H and O–H groups in total. The minimum absolute atomic E-state index is 0.160. The van der Waals surface area contributed by atoms with Crippen molar-refractivity contribution < 1.29 is 22.7 Å². The van der Waals surface area contributed by atoms with E-state index in [0.717, 1.165) is 12.8 Å². The van der Waals surface area contributed by atoms with Crippen LogP contribution in [-0.4, -0.2) is 40.0 Å². The van der Waals surface area contributed by atoms with E-state index in [4.69, 9.17) is 9.47 Å². The highest BCUT2D eigenvalue weighted by Crippen LogP contribution is 2.24. The van der Waals surface area contributed by atoms with Crippen LogP contribution in [0.4, 0.5) is 0 Å². The second kappa shape index (κ2) is 7.42. The zero-order chi connectivity index (χ0) is 16.9. The van der Waals surface area contributed by atoms with Crippen molar-refractivity contribution in [3.05, 3.63) is 35.9 Å². The fourth-order valence-corrected chi connectivity index (χ4v) is 4.39. The first-order chi connectivity index (χ1) is 10.9. The van der Waals surface area contributed by atoms with E-state index in [0.29, 0.717) is 18.6 Å². The molecule has 0 bridgehead atoms. The number of ether oxygens (including phenoxy) is 2. The third-order valence-electron chi connectivity index (χ3n) is 3.98. The third-order valence-corrected chi connectivity index (χ3v) is 5.51. The van der Waals surface area contributed by atoms with Gasteiger partial charge in [-0.1, -0.05) is 30.3 Å². The second-order valence-corrected chi connectivity index (χ2v) is 7.62. The minimum atomic E-state index is -3.72. The molecule has 0 unspecified atom stereocenters. The van der Waals surface area contributed by atoms with Gasteiger partial charge in [-0.2, -0.15) is 4.72 Å². The number of esters is 1. The Kier molecular flexibility index (Phi) is 5.78. The lowest BCUT2D eigenvalue weighted by molar-refractivity contribution is -0.147. The van der Waals surface area contributed by atoms with Crippen LogP contribution in [0.5, 0.6) is 0 Å². The van der Waals surface area contributed by atoms with Crippen LogP contribution in [0.15, 0.2) is 30.3 Å². The molecule has 2 atom stereocenters. The third kappa shape index (κ3) is 4.53. The number of carbonyl (C=O) groups excluding carboxylic acids is 1. The molecule has 0 amide bonds. The Morgan fingerprint density at radius 1 is 1.35 bits per heavy atom. The molecule has 0 radical (unpaired) electrons. The van der Waals surface area contributed by atoms with Crippen molar-refractivity contribution in [2.24, 2.45) is 0 Å². The summed E-state index contributed by atoms with van der Waals surface area (Å²) in [6.45, 7) is 2.08. The van der Waals surface area contributed by atoms with Crippen molar-refractivity contribution in [3.63, 3.8) is 0 Å². The zero-order valence-corrected chi connectivity index (χ0v) is 14.3. The van der Waals surface area contributed by atoms with Crippen molar-refractivity contribution in [3.8, 4) is 0 Å². The van der Waals surface area contributed by atoms with Gasteiger partial charge >= 0.3 is 5.97 Å². The van der Waals surface area contributed by atoms with Gasteiger partial charge in [-0.3, -0.25) is 0 Å². The van der Waals surface area contributed by atoms with Crippen LogP contribution >= 0.6 is 0 Å². The topological polar surface area (TPSA) is 81.7 Å². The Labute approximate surface area is 137 Å². The van der Waals surface area contributed by atoms with Gasteiger partial charge in [0.15, 0.2) is 5.54 Å². The van der Waals surface area contributed by atoms with Crippen LogP contribution in [0, 0.1) is 0 Å². The van der Waals surface area contributed by atoms with Gasteiger partial charge in [0.05, 0.1) is 19.0 Å². The van der Waals surface area contributed by atoms with E-state index in [-0.39, 0.29) is 11.9 Å². The largest absolute Gasteiger partial charge is 0.467 e. The SMILES string of the molecule is COC(=O)[C@@](C)(NS(=O)(=O)C[C@H]1CCCCO1)c1ccccc1. The van der Waals surface area contributed by atoms with Gasteiger partial charge in [0.1, 0.15) is 0 Å². The molecule has 1 saturated heterocycles. The molecule has 1 aromatic rings. The molecular formula is C16H23NO5S. The van der Waals surface area contributed by atoms with Gasteiger partial charge < -0.3 is 9.47 Å². The molecular weight excluding hydrogens is 318 g/mol. The molecule has 0 saturated carbocycles. The number of hydrogen-bond donors (Lipinski definition) is 1. The van der Waals surface area contributed by atoms with Crippen LogP contribution in [0.3, 0.4) is 0 Å². The predicted octanol–water partition coefficient (Wildman–Crippen LogP) is 1.56. The van der Waals surface area contributed by atoms with Crippen LogP contribution in [0.1, 0.15) is 31.7 Å². The van der Waals surface area contributed by atoms with Crippen molar-refractivity contribution in [2.75, 3.05) is 19.5 Å². The van der Waals surface area contributed by atoms with E-state index < -0.39 is 21.5 Å². The lowest BCUT2D eigenvalue weighted by Gasteiger charge is -2.29. The van der Waals surface area contributed by atoms with Gasteiger partial charge in [-0.05, 0) is 31.7 Å². The van der Waals surface area contributed by atoms with E-state index in [1.165, 1.54) is 14.0 Å². The Balaban J connectivity index is 2.21. The summed E-state index contributed by atoms with van der Waals surface area (Å²) in [5.74, 6) is -0.816. The van der Waals surface area contributed by atoms with E-state index >= 15 is 0 Å². The van der Waals surface area contributed by atoms with Crippen LogP contribution in [0.2, 0.25) is 0 Å². The number of methoxy groups -OCH3 is 1. The summed E-state index contributed by atoms with van der Waals surface area (Å²) in [4.78, 5) is 12.2.